The highest BCUT2D eigenvalue weighted by atomic mass is 16.5. The molecule has 22 heavy (non-hydrogen) atoms. The summed E-state index contributed by atoms with van der Waals surface area (Å²) in [6, 6.07) is 7.83. The number of hydrogen-bond acceptors (Lipinski definition) is 3. The summed E-state index contributed by atoms with van der Waals surface area (Å²) in [5.74, 6) is 0.915. The summed E-state index contributed by atoms with van der Waals surface area (Å²) >= 11 is 0. The van der Waals surface area contributed by atoms with Crippen LogP contribution in [0.4, 0.5) is 0 Å². The molecule has 5 heteroatoms. The van der Waals surface area contributed by atoms with Gasteiger partial charge in [0.2, 0.25) is 11.8 Å². The molecule has 120 valence electrons. The molecule has 1 saturated heterocycles. The van der Waals surface area contributed by atoms with Gasteiger partial charge in [-0.15, -0.1) is 0 Å². The van der Waals surface area contributed by atoms with Crippen LogP contribution in [0.25, 0.3) is 0 Å². The molecule has 1 aromatic carbocycles. The lowest BCUT2D eigenvalue weighted by molar-refractivity contribution is -0.128. The maximum absolute atomic E-state index is 11.8. The van der Waals surface area contributed by atoms with Crippen LogP contribution in [0.15, 0.2) is 24.3 Å². The van der Waals surface area contributed by atoms with Gasteiger partial charge in [0.1, 0.15) is 11.9 Å². The van der Waals surface area contributed by atoms with Gasteiger partial charge < -0.3 is 15.0 Å². The molecular weight excluding hydrogens is 280 g/mol. The Morgan fingerprint density at radius 1 is 1.36 bits per heavy atom. The number of carbonyl (C=O) groups is 2. The first-order valence-corrected chi connectivity index (χ1v) is 7.82. The molecule has 0 aliphatic carbocycles. The molecule has 5 nitrogen and oxygen atoms in total. The minimum atomic E-state index is -0.0972. The van der Waals surface area contributed by atoms with E-state index in [-0.39, 0.29) is 17.9 Å². The van der Waals surface area contributed by atoms with E-state index >= 15 is 0 Å². The lowest BCUT2D eigenvalue weighted by atomic mass is 10.2. The third-order valence-corrected chi connectivity index (χ3v) is 3.73. The molecule has 1 aromatic rings. The molecule has 1 unspecified atom stereocenters. The minimum Gasteiger partial charge on any atom is -0.489 e. The molecule has 0 saturated carbocycles. The highest BCUT2D eigenvalue weighted by Gasteiger charge is 2.20. The maximum Gasteiger partial charge on any atom is 0.222 e. The molecule has 1 atom stereocenters. The number of nitrogens with one attached hydrogen (secondary N) is 1. The van der Waals surface area contributed by atoms with Crippen LogP contribution in [0.1, 0.15) is 31.7 Å². The van der Waals surface area contributed by atoms with Gasteiger partial charge in [0, 0.05) is 25.9 Å². The Hall–Kier alpha value is -2.04. The third-order valence-electron chi connectivity index (χ3n) is 3.73. The van der Waals surface area contributed by atoms with Crippen molar-refractivity contribution in [3.8, 4) is 5.75 Å². The molecule has 0 radical (unpaired) electrons. The summed E-state index contributed by atoms with van der Waals surface area (Å²) in [4.78, 5) is 25.0. The fraction of sp³-hybridized carbons (Fsp3) is 0.529. The molecule has 1 heterocycles. The van der Waals surface area contributed by atoms with Crippen molar-refractivity contribution in [2.75, 3.05) is 19.6 Å². The van der Waals surface area contributed by atoms with Crippen LogP contribution in [0, 0.1) is 6.92 Å². The predicted octanol–water partition coefficient (Wildman–Crippen LogP) is 1.89. The Morgan fingerprint density at radius 3 is 2.73 bits per heavy atom. The second kappa shape index (κ2) is 7.82. The molecule has 2 rings (SSSR count). The van der Waals surface area contributed by atoms with Gasteiger partial charge in [-0.05, 0) is 32.4 Å². The topological polar surface area (TPSA) is 58.6 Å². The third kappa shape index (κ3) is 5.06. The number of aryl methyl sites for hydroxylation is 1. The van der Waals surface area contributed by atoms with E-state index in [4.69, 9.17) is 4.74 Å². The fourth-order valence-electron chi connectivity index (χ4n) is 2.41. The SMILES string of the molecule is Cc1ccc(OC(C)CNC(=O)CCN2CCCC2=O)cc1. The number of amides is 2. The van der Waals surface area contributed by atoms with Crippen LogP contribution < -0.4 is 10.1 Å². The van der Waals surface area contributed by atoms with Crippen molar-refractivity contribution < 1.29 is 14.3 Å². The van der Waals surface area contributed by atoms with Crippen molar-refractivity contribution in [1.82, 2.24) is 10.2 Å². The van der Waals surface area contributed by atoms with Crippen molar-refractivity contribution in [1.29, 1.82) is 0 Å². The number of hydrogen-bond donors (Lipinski definition) is 1. The molecule has 0 bridgehead atoms. The smallest absolute Gasteiger partial charge is 0.222 e. The number of carbonyl (C=O) groups excluding carboxylic acids is 2. The molecular formula is C17H24N2O3. The summed E-state index contributed by atoms with van der Waals surface area (Å²) in [5.41, 5.74) is 1.18. The summed E-state index contributed by atoms with van der Waals surface area (Å²) in [6.45, 7) is 5.69. The average molecular weight is 304 g/mol. The van der Waals surface area contributed by atoms with Crippen molar-refractivity contribution in [3.05, 3.63) is 29.8 Å². The van der Waals surface area contributed by atoms with Crippen LogP contribution in [0.2, 0.25) is 0 Å². The van der Waals surface area contributed by atoms with E-state index in [0.29, 0.717) is 25.9 Å². The van der Waals surface area contributed by atoms with Gasteiger partial charge in [-0.3, -0.25) is 9.59 Å². The van der Waals surface area contributed by atoms with E-state index < -0.39 is 0 Å². The first-order chi connectivity index (χ1) is 10.5. The zero-order valence-corrected chi connectivity index (χ0v) is 13.3. The van der Waals surface area contributed by atoms with Gasteiger partial charge in [0.15, 0.2) is 0 Å². The molecule has 1 aliphatic rings. The number of ether oxygens (including phenoxy) is 1. The van der Waals surface area contributed by atoms with E-state index in [0.717, 1.165) is 18.7 Å². The van der Waals surface area contributed by atoms with E-state index in [1.807, 2.05) is 38.1 Å². The average Bonchev–Trinajstić information content (AvgIpc) is 2.91. The Morgan fingerprint density at radius 2 is 2.09 bits per heavy atom. The number of rotatable bonds is 7. The lowest BCUT2D eigenvalue weighted by Gasteiger charge is -2.17. The summed E-state index contributed by atoms with van der Waals surface area (Å²) in [5, 5.41) is 2.85. The Balaban J connectivity index is 1.64. The predicted molar refractivity (Wildman–Crippen MR) is 84.7 cm³/mol. The van der Waals surface area contributed by atoms with Crippen molar-refractivity contribution in [2.45, 2.75) is 39.2 Å². The van der Waals surface area contributed by atoms with Gasteiger partial charge in [-0.2, -0.15) is 0 Å². The van der Waals surface area contributed by atoms with Gasteiger partial charge >= 0.3 is 0 Å². The van der Waals surface area contributed by atoms with Crippen molar-refractivity contribution in [2.24, 2.45) is 0 Å². The second-order valence-electron chi connectivity index (χ2n) is 5.78. The van der Waals surface area contributed by atoms with Crippen LogP contribution in [-0.2, 0) is 9.59 Å². The second-order valence-corrected chi connectivity index (χ2v) is 5.78. The highest BCUT2D eigenvalue weighted by Crippen LogP contribution is 2.13. The van der Waals surface area contributed by atoms with Crippen LogP contribution >= 0.6 is 0 Å². The minimum absolute atomic E-state index is 0.0425. The monoisotopic (exact) mass is 304 g/mol. The number of likely N-dealkylation sites (tertiary alicyclic amines) is 1. The van der Waals surface area contributed by atoms with Crippen LogP contribution in [0.3, 0.4) is 0 Å². The first kappa shape index (κ1) is 16.3. The van der Waals surface area contributed by atoms with E-state index in [9.17, 15) is 9.59 Å². The normalized spacial score (nSPS) is 15.7. The molecule has 2 amide bonds. The summed E-state index contributed by atoms with van der Waals surface area (Å²) in [6.07, 6.45) is 1.77. The quantitative estimate of drug-likeness (QED) is 0.837. The van der Waals surface area contributed by atoms with Crippen LogP contribution in [-0.4, -0.2) is 42.5 Å². The van der Waals surface area contributed by atoms with Crippen molar-refractivity contribution >= 4 is 11.8 Å². The summed E-state index contributed by atoms with van der Waals surface area (Å²) < 4.78 is 5.74. The Kier molecular flexibility index (Phi) is 5.81. The largest absolute Gasteiger partial charge is 0.489 e. The number of benzene rings is 1. The standard InChI is InChI=1S/C17H24N2O3/c1-13-5-7-15(8-6-13)22-14(2)12-18-16(20)9-11-19-10-3-4-17(19)21/h5-8,14H,3-4,9-12H2,1-2H3,(H,18,20). The highest BCUT2D eigenvalue weighted by molar-refractivity contribution is 5.80. The van der Waals surface area contributed by atoms with Gasteiger partial charge in [0.05, 0.1) is 6.54 Å². The fourth-order valence-corrected chi connectivity index (χ4v) is 2.41. The molecule has 1 fully saturated rings. The molecule has 0 aromatic heterocycles. The zero-order valence-electron chi connectivity index (χ0n) is 13.3. The maximum atomic E-state index is 11.8. The van der Waals surface area contributed by atoms with E-state index in [1.165, 1.54) is 5.56 Å². The summed E-state index contributed by atoms with van der Waals surface area (Å²) in [7, 11) is 0. The van der Waals surface area contributed by atoms with Gasteiger partial charge in [-0.25, -0.2) is 0 Å². The van der Waals surface area contributed by atoms with Crippen molar-refractivity contribution in [3.63, 3.8) is 0 Å². The molecule has 1 N–H and O–H groups in total. The zero-order chi connectivity index (χ0) is 15.9. The van der Waals surface area contributed by atoms with Gasteiger partial charge in [-0.1, -0.05) is 17.7 Å². The van der Waals surface area contributed by atoms with E-state index in [2.05, 4.69) is 5.32 Å². The molecule has 1 aliphatic heterocycles. The lowest BCUT2D eigenvalue weighted by Crippen LogP contribution is -2.36. The van der Waals surface area contributed by atoms with Crippen LogP contribution in [0.5, 0.6) is 5.75 Å². The van der Waals surface area contributed by atoms with Gasteiger partial charge in [0.25, 0.3) is 0 Å². The number of nitrogens with zero attached hydrogens (tertiary/aromatic N) is 1. The van der Waals surface area contributed by atoms with E-state index in [1.54, 1.807) is 4.90 Å². The molecule has 0 spiro atoms. The Labute approximate surface area is 131 Å². The Bertz CT molecular complexity index is 513. The first-order valence-electron chi connectivity index (χ1n) is 7.82.